The molecule has 0 N–H and O–H groups in total. The molecule has 5 nitrogen and oxygen atoms in total. The Balaban J connectivity index is 1.72. The lowest BCUT2D eigenvalue weighted by molar-refractivity contribution is 0.0921. The molecule has 0 spiro atoms. The van der Waals surface area contributed by atoms with Crippen LogP contribution in [0.3, 0.4) is 0 Å². The van der Waals surface area contributed by atoms with E-state index >= 15 is 0 Å². The highest BCUT2D eigenvalue weighted by molar-refractivity contribution is 7.92. The van der Waals surface area contributed by atoms with Gasteiger partial charge in [-0.2, -0.15) is 0 Å². The molecule has 0 aromatic heterocycles. The third kappa shape index (κ3) is 3.68. The van der Waals surface area contributed by atoms with E-state index in [1.807, 2.05) is 0 Å². The zero-order valence-electron chi connectivity index (χ0n) is 14.0. The van der Waals surface area contributed by atoms with Gasteiger partial charge in [-0.25, -0.2) is 12.8 Å². The normalized spacial score (nSPS) is 13.6. The molecule has 1 aliphatic heterocycles. The first kappa shape index (κ1) is 18.7. The molecule has 1 heterocycles. The second-order valence-corrected chi connectivity index (χ2v) is 8.44. The van der Waals surface area contributed by atoms with Crippen LogP contribution >= 0.6 is 11.6 Å². The number of Topliss-reactive ketones (excluding diaryl/α,β-unsaturated/α-hetero) is 1. The van der Waals surface area contributed by atoms with Crippen LogP contribution in [0.5, 0.6) is 5.75 Å². The quantitative estimate of drug-likeness (QED) is 0.700. The highest BCUT2D eigenvalue weighted by Crippen LogP contribution is 2.31. The summed E-state index contributed by atoms with van der Waals surface area (Å²) >= 11 is 5.68. The van der Waals surface area contributed by atoms with Crippen molar-refractivity contribution in [1.82, 2.24) is 0 Å². The van der Waals surface area contributed by atoms with Gasteiger partial charge < -0.3 is 4.74 Å². The second-order valence-electron chi connectivity index (χ2n) is 5.85. The average Bonchev–Trinajstić information content (AvgIpc) is 3.06. The summed E-state index contributed by atoms with van der Waals surface area (Å²) in [6, 6.07) is 8.80. The zero-order valence-corrected chi connectivity index (χ0v) is 15.6. The van der Waals surface area contributed by atoms with Gasteiger partial charge in [-0.15, -0.1) is 0 Å². The number of carbonyl (C=O) groups is 1. The molecule has 0 amide bonds. The molecule has 0 fully saturated rings. The van der Waals surface area contributed by atoms with E-state index in [4.69, 9.17) is 16.3 Å². The predicted octanol–water partition coefficient (Wildman–Crippen LogP) is 3.45. The number of halogens is 2. The largest absolute Gasteiger partial charge is 0.485 e. The van der Waals surface area contributed by atoms with Crippen molar-refractivity contribution < 1.29 is 22.3 Å². The molecule has 1 aliphatic rings. The van der Waals surface area contributed by atoms with E-state index < -0.39 is 15.8 Å². The average molecular weight is 398 g/mol. The lowest BCUT2D eigenvalue weighted by Gasteiger charge is -2.18. The Morgan fingerprint density at radius 2 is 2.04 bits per heavy atom. The van der Waals surface area contributed by atoms with Crippen LogP contribution < -0.4 is 9.04 Å². The van der Waals surface area contributed by atoms with Gasteiger partial charge in [-0.05, 0) is 49.2 Å². The number of ketones is 1. The van der Waals surface area contributed by atoms with E-state index in [0.29, 0.717) is 30.0 Å². The number of fused-ring (bicyclic) bond motifs is 1. The van der Waals surface area contributed by atoms with Gasteiger partial charge in [0.15, 0.2) is 12.4 Å². The first-order chi connectivity index (χ1) is 12.3. The van der Waals surface area contributed by atoms with E-state index in [-0.39, 0.29) is 23.2 Å². The summed E-state index contributed by atoms with van der Waals surface area (Å²) in [5, 5.41) is -0.0790. The molecule has 138 valence electrons. The van der Waals surface area contributed by atoms with Gasteiger partial charge in [0.1, 0.15) is 11.6 Å². The maximum atomic E-state index is 13.1. The van der Waals surface area contributed by atoms with Gasteiger partial charge in [-0.3, -0.25) is 9.10 Å². The second kappa shape index (κ2) is 7.25. The molecule has 8 heteroatoms. The maximum Gasteiger partial charge on any atom is 0.234 e. The van der Waals surface area contributed by atoms with Crippen molar-refractivity contribution in [3.63, 3.8) is 0 Å². The van der Waals surface area contributed by atoms with Crippen molar-refractivity contribution in [3.8, 4) is 5.75 Å². The molecule has 0 saturated carbocycles. The molecule has 3 rings (SSSR count). The Labute approximate surface area is 156 Å². The number of benzene rings is 2. The molecule has 0 unspecified atom stereocenters. The Bertz CT molecular complexity index is 962. The van der Waals surface area contributed by atoms with E-state index in [1.54, 1.807) is 25.1 Å². The Morgan fingerprint density at radius 1 is 1.27 bits per heavy atom. The maximum absolute atomic E-state index is 13.1. The van der Waals surface area contributed by atoms with E-state index in [2.05, 4.69) is 0 Å². The topological polar surface area (TPSA) is 63.7 Å². The van der Waals surface area contributed by atoms with E-state index in [0.717, 1.165) is 5.56 Å². The lowest BCUT2D eigenvalue weighted by atomic mass is 10.1. The Hall–Kier alpha value is -2.12. The van der Waals surface area contributed by atoms with Crippen LogP contribution in [-0.4, -0.2) is 33.1 Å². The van der Waals surface area contributed by atoms with Crippen molar-refractivity contribution in [1.29, 1.82) is 0 Å². The number of rotatable bonds is 6. The first-order valence-electron chi connectivity index (χ1n) is 8.06. The fraction of sp³-hybridized carbons (Fsp3) is 0.278. The summed E-state index contributed by atoms with van der Waals surface area (Å²) < 4.78 is 44.1. The number of anilines is 1. The van der Waals surface area contributed by atoms with Gasteiger partial charge in [0.25, 0.3) is 0 Å². The van der Waals surface area contributed by atoms with Gasteiger partial charge in [-0.1, -0.05) is 11.6 Å². The fourth-order valence-corrected chi connectivity index (χ4v) is 4.12. The summed E-state index contributed by atoms with van der Waals surface area (Å²) in [5.41, 5.74) is 1.88. The third-order valence-corrected chi connectivity index (χ3v) is 6.29. The molecular formula is C18H17ClFNO4S. The first-order valence-corrected chi connectivity index (χ1v) is 10.0. The van der Waals surface area contributed by atoms with Crippen LogP contribution in [0.1, 0.15) is 22.8 Å². The molecular weight excluding hydrogens is 381 g/mol. The number of hydrogen-bond donors (Lipinski definition) is 0. The Morgan fingerprint density at radius 3 is 2.73 bits per heavy atom. The minimum atomic E-state index is -3.32. The minimum Gasteiger partial charge on any atom is -0.485 e. The van der Waals surface area contributed by atoms with Crippen molar-refractivity contribution >= 4 is 33.1 Å². The van der Waals surface area contributed by atoms with E-state index in [1.165, 1.54) is 22.5 Å². The van der Waals surface area contributed by atoms with Crippen molar-refractivity contribution in [3.05, 3.63) is 58.4 Å². The summed E-state index contributed by atoms with van der Waals surface area (Å²) in [7, 11) is -3.32. The van der Waals surface area contributed by atoms with Crippen LogP contribution in [0.4, 0.5) is 10.1 Å². The fourth-order valence-electron chi connectivity index (χ4n) is 2.79. The molecule has 0 radical (unpaired) electrons. The zero-order chi connectivity index (χ0) is 18.9. The molecule has 0 aliphatic carbocycles. The smallest absolute Gasteiger partial charge is 0.234 e. The van der Waals surface area contributed by atoms with Gasteiger partial charge in [0.2, 0.25) is 10.0 Å². The summed E-state index contributed by atoms with van der Waals surface area (Å²) in [5.74, 6) is -0.493. The summed E-state index contributed by atoms with van der Waals surface area (Å²) in [6.07, 6.45) is 0.560. The van der Waals surface area contributed by atoms with Gasteiger partial charge in [0.05, 0.1) is 16.5 Å². The molecule has 26 heavy (non-hydrogen) atoms. The highest BCUT2D eigenvalue weighted by Gasteiger charge is 2.28. The lowest BCUT2D eigenvalue weighted by Crippen LogP contribution is -2.30. The van der Waals surface area contributed by atoms with Crippen LogP contribution in [0.15, 0.2) is 36.4 Å². The number of hydrogen-bond acceptors (Lipinski definition) is 4. The number of sulfonamides is 1. The minimum absolute atomic E-state index is 0.0290. The molecule has 2 aromatic carbocycles. The summed E-state index contributed by atoms with van der Waals surface area (Å²) in [4.78, 5) is 12.3. The van der Waals surface area contributed by atoms with Crippen LogP contribution in [0.25, 0.3) is 0 Å². The standard InChI is InChI=1S/C18H17ClFNO4S/c1-2-26(23,24)21-8-7-12-9-13(3-6-17(12)21)18(22)11-25-14-4-5-16(20)15(19)10-14/h3-6,9-10H,2,7-8,11H2,1H3. The van der Waals surface area contributed by atoms with Crippen molar-refractivity contribution in [2.24, 2.45) is 0 Å². The summed E-state index contributed by atoms with van der Waals surface area (Å²) in [6.45, 7) is 1.76. The van der Waals surface area contributed by atoms with Gasteiger partial charge in [0, 0.05) is 18.2 Å². The molecule has 0 atom stereocenters. The molecule has 0 saturated heterocycles. The number of ether oxygens (including phenoxy) is 1. The van der Waals surface area contributed by atoms with Crippen LogP contribution in [-0.2, 0) is 16.4 Å². The van der Waals surface area contributed by atoms with Crippen LogP contribution in [0.2, 0.25) is 5.02 Å². The number of nitrogens with zero attached hydrogens (tertiary/aromatic N) is 1. The Kier molecular flexibility index (Phi) is 5.20. The van der Waals surface area contributed by atoms with Crippen LogP contribution in [0, 0.1) is 5.82 Å². The van der Waals surface area contributed by atoms with Crippen molar-refractivity contribution in [2.75, 3.05) is 23.2 Å². The SMILES string of the molecule is CCS(=O)(=O)N1CCc2cc(C(=O)COc3ccc(F)c(Cl)c3)ccc21. The van der Waals surface area contributed by atoms with E-state index in [9.17, 15) is 17.6 Å². The van der Waals surface area contributed by atoms with Gasteiger partial charge >= 0.3 is 0 Å². The van der Waals surface area contributed by atoms with Crippen molar-refractivity contribution in [2.45, 2.75) is 13.3 Å². The highest BCUT2D eigenvalue weighted by atomic mass is 35.5. The molecule has 0 bridgehead atoms. The monoisotopic (exact) mass is 397 g/mol. The molecule has 2 aromatic rings. The third-order valence-electron chi connectivity index (χ3n) is 4.22. The predicted molar refractivity (Wildman–Crippen MR) is 98.2 cm³/mol. The number of carbonyl (C=O) groups excluding carboxylic acids is 1.